The predicted octanol–water partition coefficient (Wildman–Crippen LogP) is 3.46. The van der Waals surface area contributed by atoms with E-state index in [9.17, 15) is 0 Å². The molecule has 4 heteroatoms. The molecule has 1 aromatic carbocycles. The molecule has 1 fully saturated rings. The van der Waals surface area contributed by atoms with Crippen molar-refractivity contribution in [2.45, 2.75) is 18.9 Å². The lowest BCUT2D eigenvalue weighted by Gasteiger charge is -2.07. The van der Waals surface area contributed by atoms with Crippen LogP contribution in [0.3, 0.4) is 0 Å². The van der Waals surface area contributed by atoms with Gasteiger partial charge in [0.2, 0.25) is 0 Å². The van der Waals surface area contributed by atoms with Crippen LogP contribution in [0.2, 0.25) is 0 Å². The van der Waals surface area contributed by atoms with E-state index in [-0.39, 0.29) is 6.10 Å². The summed E-state index contributed by atoms with van der Waals surface area (Å²) in [5.41, 5.74) is 9.56. The first kappa shape index (κ1) is 11.6. The van der Waals surface area contributed by atoms with Crippen molar-refractivity contribution in [1.29, 1.82) is 0 Å². The summed E-state index contributed by atoms with van der Waals surface area (Å²) in [6.07, 6.45) is 1.81. The quantitative estimate of drug-likeness (QED) is 0.443. The SMILES string of the molecule is C=C1O[C@H](CN=[N+]=[N-])C[C@H]1Cc1ccccc1. The van der Waals surface area contributed by atoms with E-state index in [1.807, 2.05) is 18.2 Å². The standard InChI is InChI=1S/C13H15N3O/c1-10-12(7-11-5-3-2-4-6-11)8-13(17-10)9-15-16-14/h2-6,12-13H,1,7-9H2/t12-,13+/m1/s1. The number of benzene rings is 1. The van der Waals surface area contributed by atoms with Crippen LogP contribution < -0.4 is 0 Å². The first-order valence-electron chi connectivity index (χ1n) is 5.70. The Labute approximate surface area is 101 Å². The number of ether oxygens (including phenoxy) is 1. The van der Waals surface area contributed by atoms with Crippen LogP contribution in [-0.2, 0) is 11.2 Å². The number of nitrogens with zero attached hydrogens (tertiary/aromatic N) is 3. The molecule has 1 heterocycles. The first-order valence-corrected chi connectivity index (χ1v) is 5.70. The molecule has 1 saturated heterocycles. The van der Waals surface area contributed by atoms with Gasteiger partial charge in [-0.15, -0.1) is 0 Å². The molecular weight excluding hydrogens is 214 g/mol. The average Bonchev–Trinajstić information content (AvgIpc) is 2.69. The third-order valence-electron chi connectivity index (χ3n) is 2.99. The lowest BCUT2D eigenvalue weighted by Crippen LogP contribution is -2.09. The molecule has 0 unspecified atom stereocenters. The molecule has 0 aromatic heterocycles. The van der Waals surface area contributed by atoms with Gasteiger partial charge in [-0.1, -0.05) is 42.0 Å². The molecule has 0 bridgehead atoms. The van der Waals surface area contributed by atoms with Gasteiger partial charge in [0.05, 0.1) is 12.3 Å². The molecule has 0 amide bonds. The van der Waals surface area contributed by atoms with Gasteiger partial charge in [-0.2, -0.15) is 0 Å². The molecular formula is C13H15N3O. The Morgan fingerprint density at radius 2 is 2.18 bits per heavy atom. The van der Waals surface area contributed by atoms with Crippen molar-refractivity contribution in [2.75, 3.05) is 6.54 Å². The predicted molar refractivity (Wildman–Crippen MR) is 66.3 cm³/mol. The molecule has 88 valence electrons. The minimum Gasteiger partial charge on any atom is -0.495 e. The Morgan fingerprint density at radius 1 is 1.41 bits per heavy atom. The van der Waals surface area contributed by atoms with E-state index < -0.39 is 0 Å². The van der Waals surface area contributed by atoms with Crippen LogP contribution >= 0.6 is 0 Å². The molecule has 2 rings (SSSR count). The van der Waals surface area contributed by atoms with Crippen LogP contribution in [0, 0.1) is 5.92 Å². The minimum absolute atomic E-state index is 0.00730. The molecule has 0 aliphatic carbocycles. The van der Waals surface area contributed by atoms with Gasteiger partial charge >= 0.3 is 0 Å². The highest BCUT2D eigenvalue weighted by Gasteiger charge is 2.29. The van der Waals surface area contributed by atoms with Gasteiger partial charge < -0.3 is 4.74 Å². The first-order chi connectivity index (χ1) is 8.29. The number of rotatable bonds is 4. The van der Waals surface area contributed by atoms with Crippen molar-refractivity contribution < 1.29 is 4.74 Å². The second-order valence-electron chi connectivity index (χ2n) is 4.24. The molecule has 0 radical (unpaired) electrons. The third-order valence-corrected chi connectivity index (χ3v) is 2.99. The van der Waals surface area contributed by atoms with E-state index in [0.29, 0.717) is 12.5 Å². The van der Waals surface area contributed by atoms with Crippen molar-refractivity contribution in [3.63, 3.8) is 0 Å². The van der Waals surface area contributed by atoms with Gasteiger partial charge in [-0.05, 0) is 23.9 Å². The van der Waals surface area contributed by atoms with Crippen LogP contribution in [0.4, 0.5) is 0 Å². The highest BCUT2D eigenvalue weighted by molar-refractivity contribution is 5.17. The normalized spacial score (nSPS) is 22.9. The number of hydrogen-bond acceptors (Lipinski definition) is 2. The van der Waals surface area contributed by atoms with Crippen LogP contribution in [0.5, 0.6) is 0 Å². The van der Waals surface area contributed by atoms with Crippen molar-refractivity contribution in [2.24, 2.45) is 11.0 Å². The minimum atomic E-state index is -0.00730. The average molecular weight is 229 g/mol. The summed E-state index contributed by atoms with van der Waals surface area (Å²) in [5.74, 6) is 1.14. The molecule has 0 N–H and O–H groups in total. The number of azide groups is 1. The van der Waals surface area contributed by atoms with E-state index in [1.165, 1.54) is 5.56 Å². The summed E-state index contributed by atoms with van der Waals surface area (Å²) >= 11 is 0. The van der Waals surface area contributed by atoms with Crippen molar-refractivity contribution >= 4 is 0 Å². The second kappa shape index (κ2) is 5.41. The molecule has 0 saturated carbocycles. The maximum Gasteiger partial charge on any atom is 0.105 e. The van der Waals surface area contributed by atoms with Gasteiger partial charge in [0.25, 0.3) is 0 Å². The van der Waals surface area contributed by atoms with Gasteiger partial charge in [0.15, 0.2) is 0 Å². The maximum atomic E-state index is 8.27. The monoisotopic (exact) mass is 229 g/mol. The highest BCUT2D eigenvalue weighted by atomic mass is 16.5. The molecule has 0 spiro atoms. The third kappa shape index (κ3) is 3.02. The Morgan fingerprint density at radius 3 is 2.88 bits per heavy atom. The van der Waals surface area contributed by atoms with Crippen LogP contribution in [-0.4, -0.2) is 12.6 Å². The number of hydrogen-bond donors (Lipinski definition) is 0. The van der Waals surface area contributed by atoms with E-state index in [2.05, 4.69) is 28.7 Å². The van der Waals surface area contributed by atoms with E-state index in [1.54, 1.807) is 0 Å². The topological polar surface area (TPSA) is 58.0 Å². The van der Waals surface area contributed by atoms with Crippen LogP contribution in [0.1, 0.15) is 12.0 Å². The fraction of sp³-hybridized carbons (Fsp3) is 0.385. The Balaban J connectivity index is 1.94. The van der Waals surface area contributed by atoms with Gasteiger partial charge in [0.1, 0.15) is 6.10 Å². The highest BCUT2D eigenvalue weighted by Crippen LogP contribution is 2.31. The lowest BCUT2D eigenvalue weighted by molar-refractivity contribution is 0.168. The molecule has 17 heavy (non-hydrogen) atoms. The fourth-order valence-corrected chi connectivity index (χ4v) is 2.14. The fourth-order valence-electron chi connectivity index (χ4n) is 2.14. The zero-order valence-electron chi connectivity index (χ0n) is 9.62. The Bertz CT molecular complexity index is 437. The van der Waals surface area contributed by atoms with E-state index in [4.69, 9.17) is 10.3 Å². The van der Waals surface area contributed by atoms with Crippen molar-refractivity contribution in [3.8, 4) is 0 Å². The zero-order valence-corrected chi connectivity index (χ0v) is 9.62. The second-order valence-corrected chi connectivity index (χ2v) is 4.24. The van der Waals surface area contributed by atoms with Gasteiger partial charge in [0, 0.05) is 10.8 Å². The van der Waals surface area contributed by atoms with Crippen LogP contribution in [0.25, 0.3) is 10.4 Å². The van der Waals surface area contributed by atoms with Gasteiger partial charge in [-0.25, -0.2) is 0 Å². The summed E-state index contributed by atoms with van der Waals surface area (Å²) in [6, 6.07) is 10.3. The summed E-state index contributed by atoms with van der Waals surface area (Å²) in [5, 5.41) is 3.54. The number of allylic oxidation sites excluding steroid dienone is 1. The van der Waals surface area contributed by atoms with Crippen molar-refractivity contribution in [3.05, 3.63) is 58.7 Å². The molecule has 4 nitrogen and oxygen atoms in total. The lowest BCUT2D eigenvalue weighted by atomic mass is 9.95. The smallest absolute Gasteiger partial charge is 0.105 e. The van der Waals surface area contributed by atoms with Crippen molar-refractivity contribution in [1.82, 2.24) is 0 Å². The van der Waals surface area contributed by atoms with E-state index in [0.717, 1.165) is 18.6 Å². The molecule has 1 aromatic rings. The summed E-state index contributed by atoms with van der Waals surface area (Å²) in [7, 11) is 0. The largest absolute Gasteiger partial charge is 0.495 e. The summed E-state index contributed by atoms with van der Waals surface area (Å²) in [6.45, 7) is 4.32. The molecule has 1 aliphatic rings. The van der Waals surface area contributed by atoms with Gasteiger partial charge in [-0.3, -0.25) is 0 Å². The summed E-state index contributed by atoms with van der Waals surface area (Å²) in [4.78, 5) is 2.75. The zero-order chi connectivity index (χ0) is 12.1. The van der Waals surface area contributed by atoms with E-state index >= 15 is 0 Å². The Hall–Kier alpha value is -1.93. The summed E-state index contributed by atoms with van der Waals surface area (Å²) < 4.78 is 5.59. The molecule has 1 aliphatic heterocycles. The van der Waals surface area contributed by atoms with Crippen LogP contribution in [0.15, 0.2) is 47.8 Å². The molecule has 2 atom stereocenters. The maximum absolute atomic E-state index is 8.27. The Kier molecular flexibility index (Phi) is 3.68.